The molecule has 0 saturated carbocycles. The van der Waals surface area contributed by atoms with Gasteiger partial charge in [-0.1, -0.05) is 53.1 Å². The van der Waals surface area contributed by atoms with E-state index in [-0.39, 0.29) is 11.4 Å². The quantitative estimate of drug-likeness (QED) is 0.567. The average Bonchev–Trinajstić information content (AvgIpc) is 3.00. The highest BCUT2D eigenvalue weighted by atomic mass is 35.5. The number of piperidine rings is 1. The van der Waals surface area contributed by atoms with Crippen molar-refractivity contribution >= 4 is 40.6 Å². The van der Waals surface area contributed by atoms with Gasteiger partial charge in [0, 0.05) is 29.9 Å². The van der Waals surface area contributed by atoms with Crippen LogP contribution in [0.25, 0.3) is 0 Å². The lowest BCUT2D eigenvalue weighted by molar-refractivity contribution is 0.177. The lowest BCUT2D eigenvalue weighted by atomic mass is 9.74. The summed E-state index contributed by atoms with van der Waals surface area (Å²) in [6.45, 7) is 11.9. The molecule has 0 radical (unpaired) electrons. The van der Waals surface area contributed by atoms with Crippen molar-refractivity contribution in [3.63, 3.8) is 0 Å². The van der Waals surface area contributed by atoms with Crippen LogP contribution in [0, 0.1) is 6.92 Å². The second-order valence-corrected chi connectivity index (χ2v) is 9.49. The van der Waals surface area contributed by atoms with E-state index in [2.05, 4.69) is 48.8 Å². The Morgan fingerprint density at radius 2 is 1.87 bits per heavy atom. The molecule has 30 heavy (non-hydrogen) atoms. The molecule has 4 nitrogen and oxygen atoms in total. The minimum absolute atomic E-state index is 0.00189. The predicted molar refractivity (Wildman–Crippen MR) is 126 cm³/mol. The molecule has 2 aromatic rings. The molecular formula is C24H27Cl2N3O. The Bertz CT molecular complexity index is 996. The van der Waals surface area contributed by atoms with Crippen molar-refractivity contribution in [1.82, 2.24) is 4.90 Å². The van der Waals surface area contributed by atoms with E-state index in [0.29, 0.717) is 22.3 Å². The van der Waals surface area contributed by atoms with Gasteiger partial charge in [0.05, 0.1) is 10.0 Å². The van der Waals surface area contributed by atoms with Crippen LogP contribution in [0.15, 0.2) is 48.6 Å². The third-order valence-corrected chi connectivity index (χ3v) is 6.94. The zero-order valence-electron chi connectivity index (χ0n) is 17.5. The largest absolute Gasteiger partial charge is 0.326 e. The molecule has 0 unspecified atom stereocenters. The van der Waals surface area contributed by atoms with Gasteiger partial charge in [-0.3, -0.25) is 9.80 Å². The normalized spacial score (nSPS) is 17.8. The minimum atomic E-state index is -0.139. The molecule has 2 heterocycles. The van der Waals surface area contributed by atoms with E-state index >= 15 is 0 Å². The fourth-order valence-corrected chi connectivity index (χ4v) is 4.98. The van der Waals surface area contributed by atoms with Gasteiger partial charge in [0.1, 0.15) is 0 Å². The van der Waals surface area contributed by atoms with Crippen molar-refractivity contribution in [3.05, 3.63) is 69.7 Å². The summed E-state index contributed by atoms with van der Waals surface area (Å²) in [4.78, 5) is 17.6. The molecule has 0 bridgehead atoms. The number of urea groups is 1. The maximum Gasteiger partial charge on any atom is 0.326 e. The molecule has 2 aliphatic rings. The van der Waals surface area contributed by atoms with Crippen molar-refractivity contribution in [2.24, 2.45) is 0 Å². The van der Waals surface area contributed by atoms with Crippen LogP contribution in [0.2, 0.25) is 10.0 Å². The molecule has 2 aromatic carbocycles. The first-order valence-corrected chi connectivity index (χ1v) is 11.0. The predicted octanol–water partition coefficient (Wildman–Crippen LogP) is 6.26. The zero-order chi connectivity index (χ0) is 21.5. The number of nitrogens with zero attached hydrogens (tertiary/aromatic N) is 2. The van der Waals surface area contributed by atoms with Crippen molar-refractivity contribution in [2.45, 2.75) is 32.1 Å². The van der Waals surface area contributed by atoms with Crippen LogP contribution < -0.4 is 10.2 Å². The number of hydrogen-bond acceptors (Lipinski definition) is 2. The molecule has 158 valence electrons. The van der Waals surface area contributed by atoms with Gasteiger partial charge in [-0.15, -0.1) is 0 Å². The lowest BCUT2D eigenvalue weighted by Crippen LogP contribution is -2.47. The number of fused-ring (bicyclic) bond motifs is 2. The number of halogens is 2. The number of carbonyl (C=O) groups is 1. The Hall–Kier alpha value is -2.01. The number of nitrogens with one attached hydrogen (secondary N) is 1. The second-order valence-electron chi connectivity index (χ2n) is 8.68. The topological polar surface area (TPSA) is 35.6 Å². The number of anilines is 2. The number of benzene rings is 2. The molecule has 2 amide bonds. The number of hydrogen-bond donors (Lipinski definition) is 1. The number of aryl methyl sites for hydroxylation is 1. The number of rotatable bonds is 3. The first-order valence-electron chi connectivity index (χ1n) is 10.3. The van der Waals surface area contributed by atoms with Gasteiger partial charge in [-0.2, -0.15) is 0 Å². The molecule has 1 spiro atoms. The maximum absolute atomic E-state index is 13.2. The van der Waals surface area contributed by atoms with E-state index in [9.17, 15) is 4.79 Å². The summed E-state index contributed by atoms with van der Waals surface area (Å²) in [6.07, 6.45) is 2.07. The van der Waals surface area contributed by atoms with Gasteiger partial charge >= 0.3 is 6.03 Å². The van der Waals surface area contributed by atoms with Crippen molar-refractivity contribution in [1.29, 1.82) is 0 Å². The molecule has 1 fully saturated rings. The lowest BCUT2D eigenvalue weighted by Gasteiger charge is -2.40. The van der Waals surface area contributed by atoms with Gasteiger partial charge in [-0.05, 0) is 69.6 Å². The number of likely N-dealkylation sites (tertiary alicyclic amines) is 1. The van der Waals surface area contributed by atoms with Crippen LogP contribution in [0.4, 0.5) is 16.2 Å². The first-order chi connectivity index (χ1) is 14.3. The maximum atomic E-state index is 13.2. The molecule has 4 rings (SSSR count). The summed E-state index contributed by atoms with van der Waals surface area (Å²) in [6, 6.07) is 11.4. The Labute approximate surface area is 188 Å². The summed E-state index contributed by atoms with van der Waals surface area (Å²) in [5, 5.41) is 3.88. The Morgan fingerprint density at radius 1 is 1.13 bits per heavy atom. The van der Waals surface area contributed by atoms with Gasteiger partial charge in [0.25, 0.3) is 0 Å². The molecule has 2 aliphatic heterocycles. The Morgan fingerprint density at radius 3 is 2.53 bits per heavy atom. The van der Waals surface area contributed by atoms with Crippen LogP contribution in [0.1, 0.15) is 30.9 Å². The fourth-order valence-electron chi connectivity index (χ4n) is 4.68. The monoisotopic (exact) mass is 443 g/mol. The van der Waals surface area contributed by atoms with E-state index in [4.69, 9.17) is 23.2 Å². The van der Waals surface area contributed by atoms with Crippen LogP contribution in [0.3, 0.4) is 0 Å². The minimum Gasteiger partial charge on any atom is -0.307 e. The van der Waals surface area contributed by atoms with E-state index < -0.39 is 0 Å². The highest BCUT2D eigenvalue weighted by Crippen LogP contribution is 2.47. The molecule has 1 N–H and O–H groups in total. The van der Waals surface area contributed by atoms with Crippen LogP contribution >= 0.6 is 23.2 Å². The second kappa shape index (κ2) is 8.26. The van der Waals surface area contributed by atoms with Crippen molar-refractivity contribution in [2.75, 3.05) is 36.4 Å². The standard InChI is InChI=1S/C24H27Cl2N3O/c1-16(2)14-28-10-8-24(9-11-28)15-29(22-7-4-17(3)12-19(22)24)23(30)27-18-5-6-20(25)21(26)13-18/h4-7,12-13H,1,8-11,14-15H2,2-3H3,(H,27,30). The van der Waals surface area contributed by atoms with Gasteiger partial charge in [0.2, 0.25) is 0 Å². The molecule has 0 aliphatic carbocycles. The molecular weight excluding hydrogens is 417 g/mol. The zero-order valence-corrected chi connectivity index (χ0v) is 19.0. The number of amides is 2. The Kier molecular flexibility index (Phi) is 5.84. The average molecular weight is 444 g/mol. The van der Waals surface area contributed by atoms with Crippen LogP contribution in [-0.4, -0.2) is 37.1 Å². The molecule has 0 atom stereocenters. The van der Waals surface area contributed by atoms with E-state index in [1.54, 1.807) is 18.2 Å². The third kappa shape index (κ3) is 4.09. The van der Waals surface area contributed by atoms with Crippen LogP contribution in [0.5, 0.6) is 0 Å². The molecule has 0 aromatic heterocycles. The van der Waals surface area contributed by atoms with E-state index in [1.807, 2.05) is 4.90 Å². The van der Waals surface area contributed by atoms with E-state index in [0.717, 1.165) is 38.2 Å². The van der Waals surface area contributed by atoms with Crippen LogP contribution in [-0.2, 0) is 5.41 Å². The van der Waals surface area contributed by atoms with Gasteiger partial charge in [0.15, 0.2) is 0 Å². The summed E-state index contributed by atoms with van der Waals surface area (Å²) in [7, 11) is 0. The fraction of sp³-hybridized carbons (Fsp3) is 0.375. The Balaban J connectivity index is 1.58. The van der Waals surface area contributed by atoms with Gasteiger partial charge < -0.3 is 5.32 Å². The summed E-state index contributed by atoms with van der Waals surface area (Å²) in [5.74, 6) is 0. The number of carbonyl (C=O) groups excluding carboxylic acids is 1. The van der Waals surface area contributed by atoms with Crippen molar-refractivity contribution in [3.8, 4) is 0 Å². The summed E-state index contributed by atoms with van der Waals surface area (Å²) in [5.41, 5.74) is 5.36. The smallest absolute Gasteiger partial charge is 0.307 e. The highest BCUT2D eigenvalue weighted by molar-refractivity contribution is 6.42. The third-order valence-electron chi connectivity index (χ3n) is 6.20. The summed E-state index contributed by atoms with van der Waals surface area (Å²) < 4.78 is 0. The van der Waals surface area contributed by atoms with E-state index in [1.165, 1.54) is 16.7 Å². The summed E-state index contributed by atoms with van der Waals surface area (Å²) >= 11 is 12.1. The molecule has 1 saturated heterocycles. The molecule has 6 heteroatoms. The first kappa shape index (κ1) is 21.2. The van der Waals surface area contributed by atoms with Gasteiger partial charge in [-0.25, -0.2) is 4.79 Å². The highest BCUT2D eigenvalue weighted by Gasteiger charge is 2.46. The SMILES string of the molecule is C=C(C)CN1CCC2(CC1)CN(C(=O)Nc1ccc(Cl)c(Cl)c1)c1ccc(C)cc12. The van der Waals surface area contributed by atoms with Crippen molar-refractivity contribution < 1.29 is 4.79 Å².